The molecule has 1 aliphatic heterocycles. The van der Waals surface area contributed by atoms with Gasteiger partial charge >= 0.3 is 17.9 Å². The van der Waals surface area contributed by atoms with Gasteiger partial charge in [-0.1, -0.05) is 0 Å². The van der Waals surface area contributed by atoms with Gasteiger partial charge < -0.3 is 38.5 Å². The number of esters is 3. The minimum Gasteiger partial charge on any atom is -0.463 e. The molecule has 0 aliphatic carbocycles. The Morgan fingerprint density at radius 3 is 1.94 bits per heavy atom. The molecular weight excluding hydrogens is 466 g/mol. The minimum absolute atomic E-state index is 0.0571. The van der Waals surface area contributed by atoms with Crippen molar-refractivity contribution in [2.45, 2.75) is 58.3 Å². The van der Waals surface area contributed by atoms with Crippen molar-refractivity contribution in [2.75, 3.05) is 45.5 Å². The molecule has 1 heterocycles. The summed E-state index contributed by atoms with van der Waals surface area (Å²) in [5, 5.41) is 2.61. The number of carbonyl (C=O) groups excluding carboxylic acids is 4. The van der Waals surface area contributed by atoms with E-state index in [4.69, 9.17) is 44.8 Å². The van der Waals surface area contributed by atoms with Crippen LogP contribution in [0.5, 0.6) is 0 Å². The highest BCUT2D eigenvalue weighted by molar-refractivity contribution is 6.17. The molecule has 33 heavy (non-hydrogen) atoms. The van der Waals surface area contributed by atoms with Crippen LogP contribution in [0.3, 0.4) is 0 Å². The molecule has 1 rings (SSSR count). The molecule has 12 nitrogen and oxygen atoms in total. The van der Waals surface area contributed by atoms with Gasteiger partial charge in [0.05, 0.1) is 33.0 Å². The number of rotatable bonds is 14. The molecule has 0 saturated carbocycles. The number of nitrogens with one attached hydrogen (secondary N) is 1. The Hall–Kier alpha value is -1.99. The number of halogens is 1. The Labute approximate surface area is 197 Å². The first kappa shape index (κ1) is 29.0. The van der Waals surface area contributed by atoms with Gasteiger partial charge in [0.25, 0.3) is 0 Å². The highest BCUT2D eigenvalue weighted by atomic mass is 35.5. The predicted octanol–water partition coefficient (Wildman–Crippen LogP) is -0.0689. The number of carbonyl (C=O) groups is 4. The Kier molecular flexibility index (Phi) is 13.9. The van der Waals surface area contributed by atoms with Crippen molar-refractivity contribution in [1.82, 2.24) is 5.32 Å². The number of hydrogen-bond donors (Lipinski definition) is 1. The lowest BCUT2D eigenvalue weighted by molar-refractivity contribution is -0.279. The third kappa shape index (κ3) is 11.6. The van der Waals surface area contributed by atoms with Gasteiger partial charge in [0.15, 0.2) is 18.5 Å². The van der Waals surface area contributed by atoms with Crippen molar-refractivity contribution in [1.29, 1.82) is 0 Å². The fourth-order valence-corrected chi connectivity index (χ4v) is 3.14. The van der Waals surface area contributed by atoms with Gasteiger partial charge in [-0.25, -0.2) is 0 Å². The first-order valence-corrected chi connectivity index (χ1v) is 10.9. The smallest absolute Gasteiger partial charge is 0.303 e. The average Bonchev–Trinajstić information content (AvgIpc) is 2.71. The van der Waals surface area contributed by atoms with Crippen LogP contribution >= 0.6 is 11.6 Å². The van der Waals surface area contributed by atoms with Gasteiger partial charge in [-0.3, -0.25) is 19.2 Å². The molecule has 190 valence electrons. The summed E-state index contributed by atoms with van der Waals surface area (Å²) in [5.41, 5.74) is 0. The van der Waals surface area contributed by atoms with E-state index in [0.717, 1.165) is 6.92 Å². The largest absolute Gasteiger partial charge is 0.463 e. The van der Waals surface area contributed by atoms with Gasteiger partial charge in [0, 0.05) is 33.6 Å². The van der Waals surface area contributed by atoms with E-state index in [2.05, 4.69) is 5.32 Å². The van der Waals surface area contributed by atoms with E-state index >= 15 is 0 Å². The van der Waals surface area contributed by atoms with Gasteiger partial charge in [0.1, 0.15) is 18.8 Å². The topological polar surface area (TPSA) is 145 Å². The highest BCUT2D eigenvalue weighted by Gasteiger charge is 2.51. The van der Waals surface area contributed by atoms with E-state index in [9.17, 15) is 19.2 Å². The molecule has 1 N–H and O–H groups in total. The van der Waals surface area contributed by atoms with Gasteiger partial charge in [0.2, 0.25) is 5.91 Å². The normalized spacial score (nSPS) is 24.6. The van der Waals surface area contributed by atoms with E-state index in [1.165, 1.54) is 20.8 Å². The first-order valence-electron chi connectivity index (χ1n) is 10.4. The summed E-state index contributed by atoms with van der Waals surface area (Å²) in [4.78, 5) is 46.6. The van der Waals surface area contributed by atoms with Crippen molar-refractivity contribution in [3.63, 3.8) is 0 Å². The standard InChI is InChI=1S/C20H32ClNO11/c1-12(23)22-17-19(32-15(4)26)18(31-14(3)25)16(11-30-13(2)24)33-20(17)29-10-9-28-8-7-27-6-5-21/h16-20H,5-11H2,1-4H3,(H,22,23)/t16-,17+,18+,19-,20-/m1/s1. The van der Waals surface area contributed by atoms with Crippen LogP contribution in [0.4, 0.5) is 0 Å². The Balaban J connectivity index is 2.95. The number of amides is 1. The molecule has 0 unspecified atom stereocenters. The first-order chi connectivity index (χ1) is 15.6. The predicted molar refractivity (Wildman–Crippen MR) is 112 cm³/mol. The van der Waals surface area contributed by atoms with E-state index in [-0.39, 0.29) is 19.8 Å². The van der Waals surface area contributed by atoms with Crippen molar-refractivity contribution in [3.8, 4) is 0 Å². The second-order valence-corrected chi connectivity index (χ2v) is 7.38. The van der Waals surface area contributed by atoms with E-state index in [1.54, 1.807) is 0 Å². The molecule has 1 amide bonds. The molecule has 1 aliphatic rings. The zero-order chi connectivity index (χ0) is 24.8. The summed E-state index contributed by atoms with van der Waals surface area (Å²) < 4.78 is 37.9. The summed E-state index contributed by atoms with van der Waals surface area (Å²) in [5.74, 6) is -2.02. The Morgan fingerprint density at radius 2 is 1.39 bits per heavy atom. The molecular formula is C20H32ClNO11. The molecule has 0 aromatic rings. The molecule has 13 heteroatoms. The van der Waals surface area contributed by atoms with Crippen LogP contribution in [-0.2, 0) is 52.3 Å². The van der Waals surface area contributed by atoms with Crippen molar-refractivity contribution >= 4 is 35.4 Å². The van der Waals surface area contributed by atoms with E-state index in [0.29, 0.717) is 25.7 Å². The van der Waals surface area contributed by atoms with Crippen molar-refractivity contribution < 1.29 is 52.3 Å². The Bertz CT molecular complexity index is 648. The second-order valence-electron chi connectivity index (χ2n) is 7.00. The molecule has 0 aromatic heterocycles. The minimum atomic E-state index is -1.17. The van der Waals surface area contributed by atoms with Gasteiger partial charge in [-0.2, -0.15) is 0 Å². The van der Waals surface area contributed by atoms with Crippen LogP contribution in [0.1, 0.15) is 27.7 Å². The lowest BCUT2D eigenvalue weighted by Crippen LogP contribution is -2.66. The maximum atomic E-state index is 11.8. The van der Waals surface area contributed by atoms with E-state index in [1.807, 2.05) is 0 Å². The molecule has 0 bridgehead atoms. The SMILES string of the molecule is CC(=O)N[C@@H]1[C@H](OCCOCCOCCCl)O[C@H](COC(C)=O)[C@H](OC(C)=O)[C@@H]1OC(C)=O. The monoisotopic (exact) mass is 497 g/mol. The van der Waals surface area contributed by atoms with Gasteiger partial charge in [-0.05, 0) is 0 Å². The molecule has 0 aromatic carbocycles. The fourth-order valence-electron chi connectivity index (χ4n) is 3.03. The second kappa shape index (κ2) is 15.8. The summed E-state index contributed by atoms with van der Waals surface area (Å²) in [6.45, 7) is 5.84. The molecule has 5 atom stereocenters. The lowest BCUT2D eigenvalue weighted by Gasteiger charge is -2.44. The van der Waals surface area contributed by atoms with Crippen LogP contribution in [0.25, 0.3) is 0 Å². The summed E-state index contributed by atoms with van der Waals surface area (Å²) >= 11 is 5.52. The zero-order valence-corrected chi connectivity index (χ0v) is 20.0. The molecule has 1 fully saturated rings. The van der Waals surface area contributed by atoms with E-state index < -0.39 is 54.5 Å². The third-order valence-electron chi connectivity index (χ3n) is 4.17. The quantitative estimate of drug-likeness (QED) is 0.149. The van der Waals surface area contributed by atoms with Crippen molar-refractivity contribution in [3.05, 3.63) is 0 Å². The molecule has 0 radical (unpaired) electrons. The molecule has 1 saturated heterocycles. The summed E-state index contributed by atoms with van der Waals surface area (Å²) in [7, 11) is 0. The lowest BCUT2D eigenvalue weighted by atomic mass is 9.96. The highest BCUT2D eigenvalue weighted by Crippen LogP contribution is 2.28. The average molecular weight is 498 g/mol. The van der Waals surface area contributed by atoms with Gasteiger partial charge in [-0.15, -0.1) is 11.6 Å². The summed E-state index contributed by atoms with van der Waals surface area (Å²) in [6, 6.07) is -1.02. The number of alkyl halides is 1. The van der Waals surface area contributed by atoms with Crippen LogP contribution < -0.4 is 5.32 Å². The zero-order valence-electron chi connectivity index (χ0n) is 19.2. The Morgan fingerprint density at radius 1 is 0.818 bits per heavy atom. The number of hydrogen-bond acceptors (Lipinski definition) is 11. The van der Waals surface area contributed by atoms with Crippen LogP contribution in [-0.4, -0.2) is 100.0 Å². The maximum absolute atomic E-state index is 11.8. The van der Waals surface area contributed by atoms with Crippen LogP contribution in [0.15, 0.2) is 0 Å². The van der Waals surface area contributed by atoms with Crippen molar-refractivity contribution in [2.24, 2.45) is 0 Å². The fraction of sp³-hybridized carbons (Fsp3) is 0.800. The van der Waals surface area contributed by atoms with Crippen LogP contribution in [0, 0.1) is 0 Å². The maximum Gasteiger partial charge on any atom is 0.303 e. The number of ether oxygens (including phenoxy) is 7. The van der Waals surface area contributed by atoms with Crippen LogP contribution in [0.2, 0.25) is 0 Å². The summed E-state index contributed by atoms with van der Waals surface area (Å²) in [6.07, 6.45) is -4.49. The molecule has 0 spiro atoms. The third-order valence-corrected chi connectivity index (χ3v) is 4.33.